The van der Waals surface area contributed by atoms with Gasteiger partial charge in [-0.1, -0.05) is 29.8 Å². The van der Waals surface area contributed by atoms with E-state index in [-0.39, 0.29) is 24.1 Å². The maximum atomic E-state index is 12.5. The van der Waals surface area contributed by atoms with Gasteiger partial charge in [-0.2, -0.15) is 0 Å². The van der Waals surface area contributed by atoms with Crippen molar-refractivity contribution >= 4 is 23.6 Å². The van der Waals surface area contributed by atoms with Crippen LogP contribution in [-0.4, -0.2) is 60.6 Å². The molecular formula is C18H24ClN3O3. The number of ether oxygens (including phenoxy) is 1. The lowest BCUT2D eigenvalue weighted by molar-refractivity contribution is -0.121. The summed E-state index contributed by atoms with van der Waals surface area (Å²) in [6.07, 6.45) is 1.76. The van der Waals surface area contributed by atoms with E-state index in [4.69, 9.17) is 16.3 Å². The molecule has 25 heavy (non-hydrogen) atoms. The molecule has 136 valence electrons. The fourth-order valence-corrected chi connectivity index (χ4v) is 3.79. The number of nitrogens with one attached hydrogen (secondary N) is 1. The van der Waals surface area contributed by atoms with Gasteiger partial charge in [-0.15, -0.1) is 0 Å². The van der Waals surface area contributed by atoms with Crippen LogP contribution in [-0.2, 0) is 16.1 Å². The van der Waals surface area contributed by atoms with Gasteiger partial charge in [-0.25, -0.2) is 4.79 Å². The Labute approximate surface area is 153 Å². The molecule has 6 nitrogen and oxygen atoms in total. The molecule has 0 aliphatic carbocycles. The average molecular weight is 366 g/mol. The summed E-state index contributed by atoms with van der Waals surface area (Å²) in [4.78, 5) is 28.2. The van der Waals surface area contributed by atoms with Gasteiger partial charge in [0.1, 0.15) is 6.61 Å². The van der Waals surface area contributed by atoms with Gasteiger partial charge in [0.2, 0.25) is 5.91 Å². The first-order valence-corrected chi connectivity index (χ1v) is 9.01. The second-order valence-corrected chi connectivity index (χ2v) is 7.22. The molecule has 3 rings (SSSR count). The molecule has 0 aromatic heterocycles. The first kappa shape index (κ1) is 18.0. The van der Waals surface area contributed by atoms with Crippen LogP contribution in [0.4, 0.5) is 4.79 Å². The molecule has 2 fully saturated rings. The highest BCUT2D eigenvalue weighted by atomic mass is 35.5. The van der Waals surface area contributed by atoms with Crippen molar-refractivity contribution in [2.45, 2.75) is 31.4 Å². The van der Waals surface area contributed by atoms with Gasteiger partial charge < -0.3 is 15.0 Å². The molecule has 1 spiro atoms. The summed E-state index contributed by atoms with van der Waals surface area (Å²) in [5, 5.41) is 3.51. The fraction of sp³-hybridized carbons (Fsp3) is 0.556. The summed E-state index contributed by atoms with van der Waals surface area (Å²) in [6, 6.07) is 7.35. The third-order valence-corrected chi connectivity index (χ3v) is 5.67. The average Bonchev–Trinajstić information content (AvgIpc) is 2.79. The first-order valence-electron chi connectivity index (χ1n) is 8.63. The van der Waals surface area contributed by atoms with Crippen LogP contribution < -0.4 is 5.32 Å². The van der Waals surface area contributed by atoms with Crippen molar-refractivity contribution in [2.24, 2.45) is 0 Å². The highest BCUT2D eigenvalue weighted by Crippen LogP contribution is 2.30. The third-order valence-electron chi connectivity index (χ3n) is 5.30. The van der Waals surface area contributed by atoms with Crippen molar-refractivity contribution in [3.8, 4) is 0 Å². The fourth-order valence-electron chi connectivity index (χ4n) is 3.60. The van der Waals surface area contributed by atoms with Crippen molar-refractivity contribution < 1.29 is 14.3 Å². The zero-order valence-corrected chi connectivity index (χ0v) is 15.2. The SMILES string of the molecule is CN1CCN(C(=O)OCc2ccccc2Cl)C[C@]12CCNC(=O)CC2. The van der Waals surface area contributed by atoms with Crippen molar-refractivity contribution in [2.75, 3.05) is 33.2 Å². The van der Waals surface area contributed by atoms with E-state index in [0.29, 0.717) is 31.1 Å². The minimum absolute atomic E-state index is 0.0868. The van der Waals surface area contributed by atoms with Gasteiger partial charge in [-0.05, 0) is 26.0 Å². The predicted molar refractivity (Wildman–Crippen MR) is 95.4 cm³/mol. The molecule has 2 aliphatic heterocycles. The molecule has 2 heterocycles. The Bertz CT molecular complexity index is 654. The number of carbonyl (C=O) groups is 2. The zero-order valence-electron chi connectivity index (χ0n) is 14.5. The Balaban J connectivity index is 1.63. The third kappa shape index (κ3) is 4.07. The highest BCUT2D eigenvalue weighted by Gasteiger charge is 2.42. The van der Waals surface area contributed by atoms with E-state index in [1.807, 2.05) is 18.2 Å². The number of hydrogen-bond acceptors (Lipinski definition) is 4. The number of rotatable bonds is 2. The van der Waals surface area contributed by atoms with Crippen molar-refractivity contribution in [3.63, 3.8) is 0 Å². The van der Waals surface area contributed by atoms with Crippen LogP contribution in [0.2, 0.25) is 5.02 Å². The molecule has 0 unspecified atom stereocenters. The second kappa shape index (κ2) is 7.62. The summed E-state index contributed by atoms with van der Waals surface area (Å²) in [6.45, 7) is 2.79. The monoisotopic (exact) mass is 365 g/mol. The molecule has 7 heteroatoms. The van der Waals surface area contributed by atoms with E-state index >= 15 is 0 Å². The van der Waals surface area contributed by atoms with E-state index in [9.17, 15) is 9.59 Å². The number of hydrogen-bond donors (Lipinski definition) is 1. The largest absolute Gasteiger partial charge is 0.444 e. The summed E-state index contributed by atoms with van der Waals surface area (Å²) >= 11 is 6.11. The maximum absolute atomic E-state index is 12.5. The lowest BCUT2D eigenvalue weighted by Gasteiger charge is -2.48. The molecule has 1 aromatic rings. The molecular weight excluding hydrogens is 342 g/mol. The van der Waals surface area contributed by atoms with Gasteiger partial charge in [0.15, 0.2) is 0 Å². The quantitative estimate of drug-likeness (QED) is 0.873. The summed E-state index contributed by atoms with van der Waals surface area (Å²) in [5.41, 5.74) is 0.631. The standard InChI is InChI=1S/C18H24ClN3O3/c1-21-10-11-22(13-18(21)7-6-16(23)20-9-8-18)17(24)25-12-14-4-2-3-5-15(14)19/h2-5H,6-13H2,1H3,(H,20,23)/t18-/m0/s1. The molecule has 1 N–H and O–H groups in total. The van der Waals surface area contributed by atoms with Crippen LogP contribution in [0.5, 0.6) is 0 Å². The van der Waals surface area contributed by atoms with Crippen molar-refractivity contribution in [1.82, 2.24) is 15.1 Å². The van der Waals surface area contributed by atoms with Gasteiger partial charge in [0.25, 0.3) is 0 Å². The minimum atomic E-state index is -0.323. The molecule has 2 aliphatic rings. The number of carbonyl (C=O) groups excluding carboxylic acids is 2. The topological polar surface area (TPSA) is 61.9 Å². The van der Waals surface area contributed by atoms with E-state index in [1.54, 1.807) is 11.0 Å². The number of amides is 2. The summed E-state index contributed by atoms with van der Waals surface area (Å²) in [5.74, 6) is 0.0868. The van der Waals surface area contributed by atoms with Crippen LogP contribution in [0, 0.1) is 0 Å². The van der Waals surface area contributed by atoms with E-state index in [0.717, 1.165) is 24.9 Å². The Morgan fingerprint density at radius 2 is 2.12 bits per heavy atom. The lowest BCUT2D eigenvalue weighted by atomic mass is 9.86. The lowest BCUT2D eigenvalue weighted by Crippen LogP contribution is -2.62. The molecule has 2 amide bonds. The Hall–Kier alpha value is -1.79. The number of nitrogens with zero attached hydrogens (tertiary/aromatic N) is 2. The number of likely N-dealkylation sites (N-methyl/N-ethyl adjacent to an activating group) is 1. The molecule has 1 atom stereocenters. The smallest absolute Gasteiger partial charge is 0.410 e. The number of halogens is 1. The van der Waals surface area contributed by atoms with Gasteiger partial charge in [-0.3, -0.25) is 9.69 Å². The number of benzene rings is 1. The Kier molecular flexibility index (Phi) is 5.49. The van der Waals surface area contributed by atoms with Crippen molar-refractivity contribution in [3.05, 3.63) is 34.9 Å². The summed E-state index contributed by atoms with van der Waals surface area (Å²) < 4.78 is 5.47. The summed E-state index contributed by atoms with van der Waals surface area (Å²) in [7, 11) is 2.07. The van der Waals surface area contributed by atoms with Crippen LogP contribution in [0.1, 0.15) is 24.8 Å². The Morgan fingerprint density at radius 3 is 2.92 bits per heavy atom. The van der Waals surface area contributed by atoms with E-state index in [1.165, 1.54) is 0 Å². The molecule has 0 saturated carbocycles. The van der Waals surface area contributed by atoms with Gasteiger partial charge >= 0.3 is 6.09 Å². The second-order valence-electron chi connectivity index (χ2n) is 6.81. The molecule has 0 bridgehead atoms. The van der Waals surface area contributed by atoms with E-state index in [2.05, 4.69) is 17.3 Å². The van der Waals surface area contributed by atoms with Gasteiger partial charge in [0, 0.05) is 48.7 Å². The van der Waals surface area contributed by atoms with Crippen LogP contribution in [0.25, 0.3) is 0 Å². The molecule has 1 aromatic carbocycles. The number of piperazine rings is 1. The Morgan fingerprint density at radius 1 is 1.32 bits per heavy atom. The predicted octanol–water partition coefficient (Wildman–Crippen LogP) is 2.26. The first-order chi connectivity index (χ1) is 12.0. The minimum Gasteiger partial charge on any atom is -0.444 e. The van der Waals surface area contributed by atoms with Gasteiger partial charge in [0.05, 0.1) is 0 Å². The molecule has 0 radical (unpaired) electrons. The zero-order chi connectivity index (χ0) is 17.9. The maximum Gasteiger partial charge on any atom is 0.410 e. The van der Waals surface area contributed by atoms with Crippen LogP contribution >= 0.6 is 11.6 Å². The highest BCUT2D eigenvalue weighted by molar-refractivity contribution is 6.31. The van der Waals surface area contributed by atoms with E-state index < -0.39 is 0 Å². The molecule has 2 saturated heterocycles. The van der Waals surface area contributed by atoms with Crippen molar-refractivity contribution in [1.29, 1.82) is 0 Å². The van der Waals surface area contributed by atoms with Crippen LogP contribution in [0.15, 0.2) is 24.3 Å². The normalized spacial score (nSPS) is 24.7. The van der Waals surface area contributed by atoms with Crippen LogP contribution in [0.3, 0.4) is 0 Å².